The van der Waals surface area contributed by atoms with E-state index in [0.29, 0.717) is 22.6 Å². The molecule has 1 aromatic carbocycles. The van der Waals surface area contributed by atoms with Gasteiger partial charge in [0.2, 0.25) is 0 Å². The van der Waals surface area contributed by atoms with Crippen molar-refractivity contribution in [1.29, 1.82) is 0 Å². The normalized spacial score (nSPS) is 18.0. The molecule has 0 saturated carbocycles. The highest BCUT2D eigenvalue weighted by atomic mass is 16.6. The number of anilines is 1. The molecule has 1 fully saturated rings. The predicted molar refractivity (Wildman–Crippen MR) is 82.7 cm³/mol. The number of nitro groups is 1. The van der Waals surface area contributed by atoms with E-state index < -0.39 is 0 Å². The van der Waals surface area contributed by atoms with Crippen LogP contribution in [0.3, 0.4) is 0 Å². The molecule has 1 N–H and O–H groups in total. The number of aromatic nitrogens is 1. The summed E-state index contributed by atoms with van der Waals surface area (Å²) in [6.07, 6.45) is 2.67. The molecule has 6 nitrogen and oxygen atoms in total. The first-order valence-corrected chi connectivity index (χ1v) is 7.22. The molecule has 1 aliphatic rings. The van der Waals surface area contributed by atoms with Crippen LogP contribution in [0.15, 0.2) is 30.5 Å². The maximum Gasteiger partial charge on any atom is 0.301 e. The molecule has 1 atom stereocenters. The average molecular weight is 286 g/mol. The Bertz CT molecular complexity index is 668. The van der Waals surface area contributed by atoms with Gasteiger partial charge in [0.25, 0.3) is 0 Å². The van der Waals surface area contributed by atoms with Gasteiger partial charge in [-0.1, -0.05) is 0 Å². The molecule has 0 bridgehead atoms. The molecular weight excluding hydrogens is 268 g/mol. The SMILES string of the molecule is CCN(c1ccc2ncccc2c1[N+](=O)[O-])C1CCNC1. The topological polar surface area (TPSA) is 71.3 Å². The highest BCUT2D eigenvalue weighted by molar-refractivity contribution is 5.94. The number of pyridine rings is 1. The van der Waals surface area contributed by atoms with E-state index in [1.807, 2.05) is 19.1 Å². The van der Waals surface area contributed by atoms with Crippen molar-refractivity contribution in [3.63, 3.8) is 0 Å². The van der Waals surface area contributed by atoms with Crippen molar-refractivity contribution in [2.45, 2.75) is 19.4 Å². The first-order valence-electron chi connectivity index (χ1n) is 7.22. The van der Waals surface area contributed by atoms with E-state index in [9.17, 15) is 10.1 Å². The zero-order valence-corrected chi connectivity index (χ0v) is 12.0. The Morgan fingerprint density at radius 1 is 1.48 bits per heavy atom. The smallest absolute Gasteiger partial charge is 0.301 e. The number of fused-ring (bicyclic) bond motifs is 1. The number of hydrogen-bond acceptors (Lipinski definition) is 5. The van der Waals surface area contributed by atoms with Crippen LogP contribution in [0.2, 0.25) is 0 Å². The molecule has 1 saturated heterocycles. The van der Waals surface area contributed by atoms with Crippen LogP contribution < -0.4 is 10.2 Å². The molecule has 0 spiro atoms. The van der Waals surface area contributed by atoms with E-state index >= 15 is 0 Å². The van der Waals surface area contributed by atoms with Crippen LogP contribution in [-0.2, 0) is 0 Å². The lowest BCUT2D eigenvalue weighted by atomic mass is 10.1. The van der Waals surface area contributed by atoms with Crippen LogP contribution in [0.4, 0.5) is 11.4 Å². The van der Waals surface area contributed by atoms with Gasteiger partial charge in [-0.2, -0.15) is 0 Å². The van der Waals surface area contributed by atoms with Gasteiger partial charge in [0, 0.05) is 25.3 Å². The summed E-state index contributed by atoms with van der Waals surface area (Å²) in [7, 11) is 0. The van der Waals surface area contributed by atoms with Crippen molar-refractivity contribution in [3.8, 4) is 0 Å². The summed E-state index contributed by atoms with van der Waals surface area (Å²) >= 11 is 0. The standard InChI is InChI=1S/C15H18N4O2/c1-2-18(11-7-9-16-10-11)14-6-5-13-12(4-3-8-17-13)15(14)19(20)21/h3-6,8,11,16H,2,7,9-10H2,1H3. The number of nitrogens with one attached hydrogen (secondary N) is 1. The van der Waals surface area contributed by atoms with Crippen LogP contribution >= 0.6 is 0 Å². The Labute approximate surface area is 122 Å². The Morgan fingerprint density at radius 2 is 2.33 bits per heavy atom. The van der Waals surface area contributed by atoms with Gasteiger partial charge in [0.05, 0.1) is 15.8 Å². The number of likely N-dealkylation sites (N-methyl/N-ethyl adjacent to an activating group) is 1. The van der Waals surface area contributed by atoms with Gasteiger partial charge in [-0.05, 0) is 44.2 Å². The molecule has 2 aromatic rings. The number of rotatable bonds is 4. The van der Waals surface area contributed by atoms with Gasteiger partial charge in [-0.3, -0.25) is 15.1 Å². The van der Waals surface area contributed by atoms with Crippen molar-refractivity contribution >= 4 is 22.3 Å². The Hall–Kier alpha value is -2.21. The zero-order chi connectivity index (χ0) is 14.8. The fraction of sp³-hybridized carbons (Fsp3) is 0.400. The van der Waals surface area contributed by atoms with Crippen LogP contribution in [0.5, 0.6) is 0 Å². The van der Waals surface area contributed by atoms with Gasteiger partial charge in [0.1, 0.15) is 5.69 Å². The third kappa shape index (κ3) is 2.42. The molecule has 1 aliphatic heterocycles. The second kappa shape index (κ2) is 5.65. The van der Waals surface area contributed by atoms with E-state index in [-0.39, 0.29) is 10.6 Å². The third-order valence-corrected chi connectivity index (χ3v) is 4.04. The van der Waals surface area contributed by atoms with Gasteiger partial charge >= 0.3 is 5.69 Å². The summed E-state index contributed by atoms with van der Waals surface area (Å²) < 4.78 is 0. The van der Waals surface area contributed by atoms with E-state index in [0.717, 1.165) is 26.1 Å². The molecule has 1 aromatic heterocycles. The largest absolute Gasteiger partial charge is 0.362 e. The Kier molecular flexibility index (Phi) is 3.70. The quantitative estimate of drug-likeness (QED) is 0.690. The summed E-state index contributed by atoms with van der Waals surface area (Å²) in [6, 6.07) is 7.51. The minimum Gasteiger partial charge on any atom is -0.362 e. The number of nitrogens with zero attached hydrogens (tertiary/aromatic N) is 3. The van der Waals surface area contributed by atoms with E-state index in [4.69, 9.17) is 0 Å². The van der Waals surface area contributed by atoms with Gasteiger partial charge in [-0.25, -0.2) is 0 Å². The van der Waals surface area contributed by atoms with E-state index in [2.05, 4.69) is 15.2 Å². The lowest BCUT2D eigenvalue weighted by Crippen LogP contribution is -2.37. The van der Waals surface area contributed by atoms with Gasteiger partial charge < -0.3 is 10.2 Å². The molecule has 21 heavy (non-hydrogen) atoms. The van der Waals surface area contributed by atoms with Gasteiger partial charge in [0.15, 0.2) is 0 Å². The zero-order valence-electron chi connectivity index (χ0n) is 12.0. The molecule has 110 valence electrons. The molecule has 3 rings (SSSR count). The fourth-order valence-electron chi connectivity index (χ4n) is 3.08. The Balaban J connectivity index is 2.16. The fourth-order valence-corrected chi connectivity index (χ4v) is 3.08. The molecule has 0 radical (unpaired) electrons. The lowest BCUT2D eigenvalue weighted by Gasteiger charge is -2.29. The second-order valence-electron chi connectivity index (χ2n) is 5.19. The van der Waals surface area contributed by atoms with E-state index in [1.54, 1.807) is 18.3 Å². The molecule has 0 amide bonds. The predicted octanol–water partition coefficient (Wildman–Crippen LogP) is 2.33. The maximum atomic E-state index is 11.6. The van der Waals surface area contributed by atoms with Crippen molar-refractivity contribution in [3.05, 3.63) is 40.6 Å². The van der Waals surface area contributed by atoms with Crippen molar-refractivity contribution in [1.82, 2.24) is 10.3 Å². The maximum absolute atomic E-state index is 11.6. The second-order valence-corrected chi connectivity index (χ2v) is 5.19. The number of hydrogen-bond donors (Lipinski definition) is 1. The first-order chi connectivity index (χ1) is 10.2. The average Bonchev–Trinajstić information content (AvgIpc) is 3.01. The number of benzene rings is 1. The molecule has 6 heteroatoms. The monoisotopic (exact) mass is 286 g/mol. The molecule has 0 aliphatic carbocycles. The third-order valence-electron chi connectivity index (χ3n) is 4.04. The van der Waals surface area contributed by atoms with Crippen LogP contribution in [0, 0.1) is 10.1 Å². The molecule has 1 unspecified atom stereocenters. The van der Waals surface area contributed by atoms with Crippen molar-refractivity contribution < 1.29 is 4.92 Å². The van der Waals surface area contributed by atoms with Gasteiger partial charge in [-0.15, -0.1) is 0 Å². The van der Waals surface area contributed by atoms with Crippen LogP contribution in [-0.4, -0.2) is 35.6 Å². The molecular formula is C15H18N4O2. The minimum atomic E-state index is -0.287. The summed E-state index contributed by atoms with van der Waals surface area (Å²) in [5, 5.41) is 15.5. The van der Waals surface area contributed by atoms with E-state index in [1.165, 1.54) is 0 Å². The highest BCUT2D eigenvalue weighted by Crippen LogP contribution is 2.36. The minimum absolute atomic E-state index is 0.161. The first kappa shape index (κ1) is 13.8. The van der Waals surface area contributed by atoms with Crippen LogP contribution in [0.25, 0.3) is 10.9 Å². The summed E-state index contributed by atoms with van der Waals surface area (Å²) in [5.74, 6) is 0. The summed E-state index contributed by atoms with van der Waals surface area (Å²) in [5.41, 5.74) is 1.51. The van der Waals surface area contributed by atoms with Crippen molar-refractivity contribution in [2.24, 2.45) is 0 Å². The Morgan fingerprint density at radius 3 is 3.00 bits per heavy atom. The lowest BCUT2D eigenvalue weighted by molar-refractivity contribution is -0.382. The van der Waals surface area contributed by atoms with Crippen molar-refractivity contribution in [2.75, 3.05) is 24.5 Å². The summed E-state index contributed by atoms with van der Waals surface area (Å²) in [6.45, 7) is 4.62. The highest BCUT2D eigenvalue weighted by Gasteiger charge is 2.28. The molecule has 2 heterocycles. The van der Waals surface area contributed by atoms with Crippen LogP contribution in [0.1, 0.15) is 13.3 Å². The summed E-state index contributed by atoms with van der Waals surface area (Å²) in [4.78, 5) is 17.7. The number of nitro benzene ring substituents is 1.